The number of halogens is 2. The topological polar surface area (TPSA) is 90.1 Å². The van der Waals surface area contributed by atoms with Crippen LogP contribution in [0.25, 0.3) is 22.2 Å². The molecule has 0 atom stereocenters. The van der Waals surface area contributed by atoms with E-state index in [2.05, 4.69) is 20.3 Å². The molecule has 0 spiro atoms. The molecule has 0 radical (unpaired) electrons. The van der Waals surface area contributed by atoms with Crippen molar-refractivity contribution in [2.75, 3.05) is 12.4 Å². The van der Waals surface area contributed by atoms with Crippen LogP contribution < -0.4 is 10.1 Å². The van der Waals surface area contributed by atoms with Crippen LogP contribution >= 0.6 is 0 Å². The number of hydrogen-bond donors (Lipinski definition) is 1. The van der Waals surface area contributed by atoms with Crippen LogP contribution in [0.2, 0.25) is 0 Å². The second-order valence-electron chi connectivity index (χ2n) is 6.09. The predicted molar refractivity (Wildman–Crippen MR) is 101 cm³/mol. The Labute approximate surface area is 163 Å². The first-order chi connectivity index (χ1) is 14.0. The van der Waals surface area contributed by atoms with E-state index in [9.17, 15) is 13.6 Å². The lowest BCUT2D eigenvalue weighted by Crippen LogP contribution is -2.12. The molecule has 0 aliphatic carbocycles. The highest BCUT2D eigenvalue weighted by atomic mass is 19.1. The highest BCUT2D eigenvalue weighted by molar-refractivity contribution is 6.02. The van der Waals surface area contributed by atoms with Gasteiger partial charge in [0.05, 0.1) is 19.5 Å². The van der Waals surface area contributed by atoms with Gasteiger partial charge < -0.3 is 14.5 Å². The van der Waals surface area contributed by atoms with Crippen LogP contribution in [0, 0.1) is 18.6 Å². The standard InChI is InChI=1S/C20H14F2N4O3/c1-10-23-8-16(29-10)20(27)26-17-9-24-18-12(4-6-15(28-2)19(18)25-17)13-7-11(21)3-5-14(13)22/h3-9H,1-2H3,(H,25,26,27). The molecule has 2 heterocycles. The highest BCUT2D eigenvalue weighted by Crippen LogP contribution is 2.34. The number of benzene rings is 2. The van der Waals surface area contributed by atoms with Gasteiger partial charge in [-0.2, -0.15) is 0 Å². The second kappa shape index (κ2) is 7.27. The summed E-state index contributed by atoms with van der Waals surface area (Å²) in [6, 6.07) is 6.31. The van der Waals surface area contributed by atoms with Gasteiger partial charge in [-0.25, -0.2) is 23.7 Å². The lowest BCUT2D eigenvalue weighted by Gasteiger charge is -2.11. The van der Waals surface area contributed by atoms with E-state index in [1.54, 1.807) is 19.1 Å². The molecular weight excluding hydrogens is 382 g/mol. The molecule has 2 aromatic carbocycles. The number of anilines is 1. The van der Waals surface area contributed by atoms with Gasteiger partial charge in [-0.3, -0.25) is 4.79 Å². The molecule has 0 saturated heterocycles. The van der Waals surface area contributed by atoms with Gasteiger partial charge in [-0.1, -0.05) is 0 Å². The Balaban J connectivity index is 1.80. The minimum atomic E-state index is -0.599. The van der Waals surface area contributed by atoms with Crippen LogP contribution in [-0.2, 0) is 0 Å². The van der Waals surface area contributed by atoms with E-state index in [-0.39, 0.29) is 22.7 Å². The number of aryl methyl sites for hydroxylation is 1. The maximum Gasteiger partial charge on any atom is 0.294 e. The van der Waals surface area contributed by atoms with Crippen molar-refractivity contribution in [1.29, 1.82) is 0 Å². The molecule has 1 N–H and O–H groups in total. The number of hydrogen-bond acceptors (Lipinski definition) is 6. The number of rotatable bonds is 4. The van der Waals surface area contributed by atoms with Gasteiger partial charge in [0.2, 0.25) is 5.76 Å². The number of carbonyl (C=O) groups is 1. The van der Waals surface area contributed by atoms with Crippen LogP contribution in [-0.4, -0.2) is 28.0 Å². The van der Waals surface area contributed by atoms with E-state index in [1.165, 1.54) is 19.5 Å². The summed E-state index contributed by atoms with van der Waals surface area (Å²) in [5.74, 6) is -0.866. The van der Waals surface area contributed by atoms with Gasteiger partial charge >= 0.3 is 0 Å². The van der Waals surface area contributed by atoms with Gasteiger partial charge in [-0.15, -0.1) is 0 Å². The molecule has 0 aliphatic heterocycles. The van der Waals surface area contributed by atoms with Crippen LogP contribution in [0.3, 0.4) is 0 Å². The minimum absolute atomic E-state index is 0.0203. The van der Waals surface area contributed by atoms with E-state index >= 15 is 0 Å². The molecule has 146 valence electrons. The average molecular weight is 396 g/mol. The number of nitrogens with one attached hydrogen (secondary N) is 1. The maximum absolute atomic E-state index is 14.3. The fourth-order valence-electron chi connectivity index (χ4n) is 2.87. The lowest BCUT2D eigenvalue weighted by atomic mass is 10.0. The van der Waals surface area contributed by atoms with E-state index in [0.29, 0.717) is 22.7 Å². The molecule has 1 amide bonds. The number of methoxy groups -OCH3 is 1. The first-order valence-corrected chi connectivity index (χ1v) is 8.49. The van der Waals surface area contributed by atoms with Crippen LogP contribution in [0.1, 0.15) is 16.4 Å². The summed E-state index contributed by atoms with van der Waals surface area (Å²) in [4.78, 5) is 24.8. The smallest absolute Gasteiger partial charge is 0.294 e. The summed E-state index contributed by atoms with van der Waals surface area (Å²) < 4.78 is 38.4. The fourth-order valence-corrected chi connectivity index (χ4v) is 2.87. The molecule has 29 heavy (non-hydrogen) atoms. The molecule has 4 aromatic rings. The zero-order valence-electron chi connectivity index (χ0n) is 15.4. The molecule has 0 unspecified atom stereocenters. The van der Waals surface area contributed by atoms with Gasteiger partial charge in [0, 0.05) is 18.1 Å². The Bertz CT molecular complexity index is 1240. The number of nitrogens with zero attached hydrogens (tertiary/aromatic N) is 3. The van der Waals surface area contributed by atoms with Gasteiger partial charge in [0.1, 0.15) is 28.4 Å². The van der Waals surface area contributed by atoms with E-state index in [0.717, 1.165) is 18.2 Å². The van der Waals surface area contributed by atoms with Crippen molar-refractivity contribution in [3.8, 4) is 16.9 Å². The molecule has 9 heteroatoms. The van der Waals surface area contributed by atoms with Crippen molar-refractivity contribution < 1.29 is 22.7 Å². The third-order valence-corrected chi connectivity index (χ3v) is 4.19. The summed E-state index contributed by atoms with van der Waals surface area (Å²) in [7, 11) is 1.45. The van der Waals surface area contributed by atoms with Crippen molar-refractivity contribution in [2.45, 2.75) is 6.92 Å². The van der Waals surface area contributed by atoms with Gasteiger partial charge in [-0.05, 0) is 30.3 Å². The number of fused-ring (bicyclic) bond motifs is 1. The van der Waals surface area contributed by atoms with Crippen molar-refractivity contribution in [1.82, 2.24) is 15.0 Å². The predicted octanol–water partition coefficient (Wildman–Crippen LogP) is 4.13. The van der Waals surface area contributed by atoms with E-state index < -0.39 is 17.5 Å². The van der Waals surface area contributed by atoms with Gasteiger partial charge in [0.15, 0.2) is 11.7 Å². The average Bonchev–Trinajstić information content (AvgIpc) is 3.15. The Morgan fingerprint density at radius 2 is 1.90 bits per heavy atom. The summed E-state index contributed by atoms with van der Waals surface area (Å²) in [6.45, 7) is 1.62. The number of aromatic nitrogens is 3. The van der Waals surface area contributed by atoms with Crippen LogP contribution in [0.15, 0.2) is 47.1 Å². The first kappa shape index (κ1) is 18.5. The molecule has 7 nitrogen and oxygen atoms in total. The number of ether oxygens (including phenoxy) is 1. The highest BCUT2D eigenvalue weighted by Gasteiger charge is 2.17. The Hall–Kier alpha value is -3.88. The fraction of sp³-hybridized carbons (Fsp3) is 0.100. The van der Waals surface area contributed by atoms with E-state index in [4.69, 9.17) is 9.15 Å². The molecular formula is C20H14F2N4O3. The monoisotopic (exact) mass is 396 g/mol. The normalized spacial score (nSPS) is 10.9. The molecule has 4 rings (SSSR count). The van der Waals surface area contributed by atoms with E-state index in [1.807, 2.05) is 0 Å². The van der Waals surface area contributed by atoms with Gasteiger partial charge in [0.25, 0.3) is 5.91 Å². The van der Waals surface area contributed by atoms with Crippen molar-refractivity contribution in [3.63, 3.8) is 0 Å². The summed E-state index contributed by atoms with van der Waals surface area (Å²) >= 11 is 0. The second-order valence-corrected chi connectivity index (χ2v) is 6.09. The number of carbonyl (C=O) groups excluding carboxylic acids is 1. The quantitative estimate of drug-likeness (QED) is 0.558. The summed E-state index contributed by atoms with van der Waals surface area (Å²) in [6.07, 6.45) is 2.61. The van der Waals surface area contributed by atoms with Crippen molar-refractivity contribution >= 4 is 22.8 Å². The molecule has 0 saturated carbocycles. The lowest BCUT2D eigenvalue weighted by molar-refractivity contribution is 0.0995. The van der Waals surface area contributed by atoms with Crippen molar-refractivity contribution in [3.05, 3.63) is 66.0 Å². The van der Waals surface area contributed by atoms with Crippen LogP contribution in [0.4, 0.5) is 14.6 Å². The number of amides is 1. The Morgan fingerprint density at radius 1 is 1.07 bits per heavy atom. The molecule has 2 aromatic heterocycles. The number of oxazole rings is 1. The maximum atomic E-state index is 14.3. The zero-order chi connectivity index (χ0) is 20.5. The third kappa shape index (κ3) is 3.49. The SMILES string of the molecule is COc1ccc(-c2cc(F)ccc2F)c2ncc(NC(=O)c3cnc(C)o3)nc12. The first-order valence-electron chi connectivity index (χ1n) is 8.49. The molecule has 0 fully saturated rings. The van der Waals surface area contributed by atoms with Crippen LogP contribution in [0.5, 0.6) is 5.75 Å². The Morgan fingerprint density at radius 3 is 2.62 bits per heavy atom. The largest absolute Gasteiger partial charge is 0.494 e. The third-order valence-electron chi connectivity index (χ3n) is 4.19. The zero-order valence-corrected chi connectivity index (χ0v) is 15.4. The Kier molecular flexibility index (Phi) is 4.63. The minimum Gasteiger partial charge on any atom is -0.494 e. The summed E-state index contributed by atoms with van der Waals surface area (Å²) in [5.41, 5.74) is 0.956. The summed E-state index contributed by atoms with van der Waals surface area (Å²) in [5, 5.41) is 2.56. The molecule has 0 aliphatic rings. The van der Waals surface area contributed by atoms with Crippen molar-refractivity contribution in [2.24, 2.45) is 0 Å². The molecule has 0 bridgehead atoms.